The van der Waals surface area contributed by atoms with Gasteiger partial charge >= 0.3 is 6.18 Å². The number of alkyl halides is 3. The molecule has 0 spiro atoms. The zero-order chi connectivity index (χ0) is 17.9. The topological polar surface area (TPSA) is 41.5 Å². The van der Waals surface area contributed by atoms with Crippen LogP contribution in [0.4, 0.5) is 13.2 Å². The van der Waals surface area contributed by atoms with Crippen molar-refractivity contribution in [3.05, 3.63) is 60.2 Å². The lowest BCUT2D eigenvalue weighted by molar-refractivity contribution is -0.297. The van der Waals surface area contributed by atoms with Gasteiger partial charge in [-0.05, 0) is 16.7 Å². The Labute approximate surface area is 156 Å². The molecule has 3 rings (SSSR count). The first-order chi connectivity index (χ1) is 11.9. The Morgan fingerprint density at radius 1 is 1.04 bits per heavy atom. The van der Waals surface area contributed by atoms with Crippen molar-refractivity contribution in [1.82, 2.24) is 5.32 Å². The van der Waals surface area contributed by atoms with Crippen LogP contribution in [0.25, 0.3) is 11.1 Å². The molecule has 1 heterocycles. The lowest BCUT2D eigenvalue weighted by atomic mass is 9.84. The standard InChI is InChI=1S/C19H20F3NO2.ClH/c20-19(21,22)18(24,17-13-23-10-11-25-17)12-15-8-4-5-9-16(15)14-6-2-1-3-7-14;/h1-9,17,23-24H,10-13H2;1H. The maximum absolute atomic E-state index is 13.8. The molecule has 2 atom stereocenters. The third-order valence-corrected chi connectivity index (χ3v) is 4.51. The van der Waals surface area contributed by atoms with Gasteiger partial charge in [-0.15, -0.1) is 12.4 Å². The highest BCUT2D eigenvalue weighted by Crippen LogP contribution is 2.39. The van der Waals surface area contributed by atoms with Crippen molar-refractivity contribution in [2.24, 2.45) is 0 Å². The number of hydrogen-bond acceptors (Lipinski definition) is 3. The molecule has 7 heteroatoms. The second-order valence-electron chi connectivity index (χ2n) is 6.19. The van der Waals surface area contributed by atoms with E-state index in [0.29, 0.717) is 17.7 Å². The fourth-order valence-electron chi connectivity index (χ4n) is 3.13. The highest BCUT2D eigenvalue weighted by Gasteiger charge is 2.59. The largest absolute Gasteiger partial charge is 0.420 e. The fraction of sp³-hybridized carbons (Fsp3) is 0.368. The van der Waals surface area contributed by atoms with Crippen LogP contribution in [0, 0.1) is 0 Å². The Morgan fingerprint density at radius 2 is 1.69 bits per heavy atom. The summed E-state index contributed by atoms with van der Waals surface area (Å²) in [5.41, 5.74) is -1.03. The monoisotopic (exact) mass is 387 g/mol. The van der Waals surface area contributed by atoms with Crippen LogP contribution in [0.15, 0.2) is 54.6 Å². The second kappa shape index (κ2) is 8.39. The second-order valence-corrected chi connectivity index (χ2v) is 6.19. The summed E-state index contributed by atoms with van der Waals surface area (Å²) in [4.78, 5) is 0. The normalized spacial score (nSPS) is 20.1. The molecule has 2 unspecified atom stereocenters. The highest BCUT2D eigenvalue weighted by molar-refractivity contribution is 5.85. The molecular weight excluding hydrogens is 367 g/mol. The number of nitrogens with one attached hydrogen (secondary N) is 1. The van der Waals surface area contributed by atoms with Crippen LogP contribution in [0.5, 0.6) is 0 Å². The van der Waals surface area contributed by atoms with E-state index in [1.165, 1.54) is 0 Å². The Kier molecular flexibility index (Phi) is 6.69. The van der Waals surface area contributed by atoms with Crippen molar-refractivity contribution in [3.63, 3.8) is 0 Å². The Bertz CT molecular complexity index is 705. The molecule has 2 aromatic rings. The quantitative estimate of drug-likeness (QED) is 0.842. The number of ether oxygens (including phenoxy) is 1. The van der Waals surface area contributed by atoms with Crippen LogP contribution in [0.3, 0.4) is 0 Å². The predicted octanol–water partition coefficient (Wildman–Crippen LogP) is 3.60. The van der Waals surface area contributed by atoms with Crippen molar-refractivity contribution in [1.29, 1.82) is 0 Å². The van der Waals surface area contributed by atoms with Gasteiger partial charge in [0, 0.05) is 19.5 Å². The average Bonchev–Trinajstić information content (AvgIpc) is 2.62. The SMILES string of the molecule is Cl.OC(Cc1ccccc1-c1ccccc1)(C1CNCCO1)C(F)(F)F. The summed E-state index contributed by atoms with van der Waals surface area (Å²) in [7, 11) is 0. The van der Waals surface area contributed by atoms with E-state index in [1.54, 1.807) is 24.3 Å². The van der Waals surface area contributed by atoms with E-state index in [1.807, 2.05) is 30.3 Å². The van der Waals surface area contributed by atoms with Gasteiger partial charge in [0.15, 0.2) is 5.60 Å². The third kappa shape index (κ3) is 4.20. The van der Waals surface area contributed by atoms with E-state index in [4.69, 9.17) is 4.74 Å². The van der Waals surface area contributed by atoms with Gasteiger partial charge in [0.1, 0.15) is 6.10 Å². The van der Waals surface area contributed by atoms with Crippen LogP contribution in [-0.2, 0) is 11.2 Å². The molecular formula is C19H21ClF3NO2. The molecule has 0 radical (unpaired) electrons. The summed E-state index contributed by atoms with van der Waals surface area (Å²) >= 11 is 0. The summed E-state index contributed by atoms with van der Waals surface area (Å²) < 4.78 is 46.5. The molecule has 1 saturated heterocycles. The molecule has 26 heavy (non-hydrogen) atoms. The molecule has 142 valence electrons. The Hall–Kier alpha value is -1.60. The molecule has 0 aromatic heterocycles. The maximum atomic E-state index is 13.8. The Morgan fingerprint density at radius 3 is 2.31 bits per heavy atom. The summed E-state index contributed by atoms with van der Waals surface area (Å²) in [5, 5.41) is 13.5. The van der Waals surface area contributed by atoms with E-state index in [-0.39, 0.29) is 25.6 Å². The minimum Gasteiger partial charge on any atom is -0.378 e. The van der Waals surface area contributed by atoms with E-state index in [9.17, 15) is 18.3 Å². The van der Waals surface area contributed by atoms with Gasteiger partial charge < -0.3 is 15.2 Å². The van der Waals surface area contributed by atoms with Gasteiger partial charge in [-0.2, -0.15) is 13.2 Å². The average molecular weight is 388 g/mol. The zero-order valence-electron chi connectivity index (χ0n) is 14.0. The van der Waals surface area contributed by atoms with Gasteiger partial charge in [0.25, 0.3) is 0 Å². The zero-order valence-corrected chi connectivity index (χ0v) is 14.8. The van der Waals surface area contributed by atoms with E-state index >= 15 is 0 Å². The first kappa shape index (κ1) is 20.7. The van der Waals surface area contributed by atoms with Crippen LogP contribution < -0.4 is 5.32 Å². The fourth-order valence-corrected chi connectivity index (χ4v) is 3.13. The van der Waals surface area contributed by atoms with Crippen molar-refractivity contribution in [2.75, 3.05) is 19.7 Å². The lowest BCUT2D eigenvalue weighted by Crippen LogP contribution is -2.62. The number of hydrogen-bond donors (Lipinski definition) is 2. The molecule has 0 amide bonds. The molecule has 0 bridgehead atoms. The number of benzene rings is 2. The van der Waals surface area contributed by atoms with Gasteiger partial charge in [0.05, 0.1) is 6.61 Å². The first-order valence-corrected chi connectivity index (χ1v) is 8.16. The van der Waals surface area contributed by atoms with Crippen molar-refractivity contribution in [3.8, 4) is 11.1 Å². The van der Waals surface area contributed by atoms with Gasteiger partial charge in [-0.25, -0.2) is 0 Å². The summed E-state index contributed by atoms with van der Waals surface area (Å²) in [6.07, 6.45) is -6.71. The molecule has 1 aliphatic heterocycles. The van der Waals surface area contributed by atoms with Crippen LogP contribution >= 0.6 is 12.4 Å². The summed E-state index contributed by atoms with van der Waals surface area (Å²) in [6, 6.07) is 16.0. The Balaban J connectivity index is 0.00000243. The van der Waals surface area contributed by atoms with Crippen molar-refractivity contribution < 1.29 is 23.0 Å². The molecule has 1 aliphatic rings. The molecule has 0 aliphatic carbocycles. The summed E-state index contributed by atoms with van der Waals surface area (Å²) in [5.74, 6) is 0. The minimum absolute atomic E-state index is 0. The number of aliphatic hydroxyl groups is 1. The molecule has 0 saturated carbocycles. The van der Waals surface area contributed by atoms with Crippen LogP contribution in [0.1, 0.15) is 5.56 Å². The highest BCUT2D eigenvalue weighted by atomic mass is 35.5. The molecule has 2 N–H and O–H groups in total. The predicted molar refractivity (Wildman–Crippen MR) is 96.4 cm³/mol. The third-order valence-electron chi connectivity index (χ3n) is 4.51. The van der Waals surface area contributed by atoms with Crippen LogP contribution in [0.2, 0.25) is 0 Å². The van der Waals surface area contributed by atoms with E-state index in [2.05, 4.69) is 5.32 Å². The van der Waals surface area contributed by atoms with E-state index < -0.39 is 24.3 Å². The van der Waals surface area contributed by atoms with E-state index in [0.717, 1.165) is 5.56 Å². The van der Waals surface area contributed by atoms with Crippen LogP contribution in [-0.4, -0.2) is 42.7 Å². The summed E-state index contributed by atoms with van der Waals surface area (Å²) in [6.45, 7) is 0.581. The first-order valence-electron chi connectivity index (χ1n) is 8.16. The minimum atomic E-state index is -4.81. The van der Waals surface area contributed by atoms with Gasteiger partial charge in [-0.3, -0.25) is 0 Å². The number of rotatable bonds is 4. The van der Waals surface area contributed by atoms with Crippen molar-refractivity contribution in [2.45, 2.75) is 24.3 Å². The number of morpholine rings is 1. The molecule has 2 aromatic carbocycles. The van der Waals surface area contributed by atoms with Gasteiger partial charge in [0.2, 0.25) is 0 Å². The smallest absolute Gasteiger partial charge is 0.378 e. The molecule has 3 nitrogen and oxygen atoms in total. The molecule has 1 fully saturated rings. The maximum Gasteiger partial charge on any atom is 0.420 e. The van der Waals surface area contributed by atoms with Crippen molar-refractivity contribution >= 4 is 12.4 Å². The van der Waals surface area contributed by atoms with Gasteiger partial charge in [-0.1, -0.05) is 54.6 Å². The number of halogens is 4. The lowest BCUT2D eigenvalue weighted by Gasteiger charge is -2.40.